The number of fused-ring (bicyclic) bond motifs is 4. The highest BCUT2D eigenvalue weighted by Crippen LogP contribution is 2.39. The zero-order valence-electron chi connectivity index (χ0n) is 15.4. The summed E-state index contributed by atoms with van der Waals surface area (Å²) >= 11 is 3.31. The number of pyridine rings is 2. The average Bonchev–Trinajstić information content (AvgIpc) is 3.09. The number of hydrogen-bond donors (Lipinski definition) is 2. The van der Waals surface area contributed by atoms with E-state index in [9.17, 15) is 22.8 Å². The first-order chi connectivity index (χ1) is 14.2. The Morgan fingerprint density at radius 3 is 2.80 bits per heavy atom. The first kappa shape index (κ1) is 20.4. The molecule has 0 aromatic carbocycles. The Morgan fingerprint density at radius 1 is 1.27 bits per heavy atom. The van der Waals surface area contributed by atoms with Crippen molar-refractivity contribution in [3.8, 4) is 0 Å². The Bertz CT molecular complexity index is 1000. The second-order valence-electron chi connectivity index (χ2n) is 6.89. The van der Waals surface area contributed by atoms with Gasteiger partial charge in [0, 0.05) is 23.8 Å². The van der Waals surface area contributed by atoms with Crippen molar-refractivity contribution in [3.63, 3.8) is 0 Å². The second-order valence-corrected chi connectivity index (χ2v) is 7.80. The van der Waals surface area contributed by atoms with Gasteiger partial charge in [0.05, 0.1) is 11.7 Å². The van der Waals surface area contributed by atoms with E-state index < -0.39 is 24.7 Å². The van der Waals surface area contributed by atoms with Crippen molar-refractivity contribution < 1.29 is 22.8 Å². The molecule has 1 atom stereocenters. The van der Waals surface area contributed by atoms with Crippen LogP contribution in [-0.2, 0) is 0 Å². The summed E-state index contributed by atoms with van der Waals surface area (Å²) in [5, 5.41) is 4.51. The number of hydrogen-bond acceptors (Lipinski definition) is 5. The molecule has 3 amide bonds. The molecule has 0 radical (unpaired) electrons. The van der Waals surface area contributed by atoms with Crippen LogP contribution in [0.5, 0.6) is 0 Å². The van der Waals surface area contributed by atoms with Crippen molar-refractivity contribution in [2.45, 2.75) is 18.6 Å². The summed E-state index contributed by atoms with van der Waals surface area (Å²) in [4.78, 5) is 37.0. The highest BCUT2D eigenvalue weighted by molar-refractivity contribution is 9.10. The molecule has 2 bridgehead atoms. The molecule has 12 heteroatoms. The smallest absolute Gasteiger partial charge is 0.366 e. The molecule has 0 saturated carbocycles. The minimum absolute atomic E-state index is 0.175. The first-order valence-corrected chi connectivity index (χ1v) is 9.83. The van der Waals surface area contributed by atoms with E-state index >= 15 is 0 Å². The number of aromatic nitrogens is 2. The van der Waals surface area contributed by atoms with Crippen LogP contribution in [0.4, 0.5) is 35.3 Å². The van der Waals surface area contributed by atoms with Gasteiger partial charge in [-0.15, -0.1) is 0 Å². The Morgan fingerprint density at radius 2 is 2.07 bits per heavy atom. The number of carbonyl (C=O) groups is 2. The van der Waals surface area contributed by atoms with Crippen molar-refractivity contribution in [2.24, 2.45) is 0 Å². The lowest BCUT2D eigenvalue weighted by molar-refractivity contribution is -0.123. The van der Waals surface area contributed by atoms with Crippen LogP contribution in [0.25, 0.3) is 0 Å². The molecule has 30 heavy (non-hydrogen) atoms. The normalized spacial score (nSPS) is 17.5. The van der Waals surface area contributed by atoms with Crippen LogP contribution in [0, 0.1) is 0 Å². The van der Waals surface area contributed by atoms with Gasteiger partial charge in [0.25, 0.3) is 5.91 Å². The highest BCUT2D eigenvalue weighted by Gasteiger charge is 2.40. The van der Waals surface area contributed by atoms with E-state index in [2.05, 4.69) is 31.2 Å². The quantitative estimate of drug-likeness (QED) is 0.698. The number of nitrogens with one attached hydrogen (secondary N) is 2. The van der Waals surface area contributed by atoms with Gasteiger partial charge >= 0.3 is 12.2 Å². The zero-order chi connectivity index (χ0) is 21.5. The molecule has 2 aliphatic heterocycles. The Kier molecular flexibility index (Phi) is 5.26. The van der Waals surface area contributed by atoms with Crippen LogP contribution in [-0.4, -0.2) is 53.8 Å². The SMILES string of the molecule is O=C(NCC(F)(F)F)c1ccc2c(n1)N(C(=O)Nc1cc(Br)ccn1)[C@@H]1CCN2C1. The number of rotatable bonds is 3. The molecule has 0 spiro atoms. The van der Waals surface area contributed by atoms with Gasteiger partial charge in [-0.1, -0.05) is 15.9 Å². The Hall–Kier alpha value is -2.89. The monoisotopic (exact) mass is 484 g/mol. The van der Waals surface area contributed by atoms with E-state index in [1.807, 2.05) is 4.90 Å². The summed E-state index contributed by atoms with van der Waals surface area (Å²) in [6.07, 6.45) is -2.30. The van der Waals surface area contributed by atoms with E-state index in [0.29, 0.717) is 31.0 Å². The summed E-state index contributed by atoms with van der Waals surface area (Å²) in [5.41, 5.74) is 0.451. The molecule has 4 rings (SSSR count). The lowest BCUT2D eigenvalue weighted by Gasteiger charge is -2.35. The fraction of sp³-hybridized carbons (Fsp3) is 0.333. The van der Waals surface area contributed by atoms with Crippen molar-refractivity contribution in [1.29, 1.82) is 0 Å². The molecule has 2 aliphatic rings. The predicted molar refractivity (Wildman–Crippen MR) is 107 cm³/mol. The van der Waals surface area contributed by atoms with Gasteiger partial charge in [-0.05, 0) is 30.7 Å². The van der Waals surface area contributed by atoms with Gasteiger partial charge in [-0.2, -0.15) is 13.2 Å². The minimum atomic E-state index is -4.53. The highest BCUT2D eigenvalue weighted by atomic mass is 79.9. The number of anilines is 3. The lowest BCUT2D eigenvalue weighted by atomic mass is 10.1. The third-order valence-electron chi connectivity index (χ3n) is 4.81. The third kappa shape index (κ3) is 4.18. The van der Waals surface area contributed by atoms with E-state index in [4.69, 9.17) is 0 Å². The number of amides is 3. The van der Waals surface area contributed by atoms with Crippen LogP contribution in [0.3, 0.4) is 0 Å². The fourth-order valence-corrected chi connectivity index (χ4v) is 3.85. The second kappa shape index (κ2) is 7.74. The standard InChI is InChI=1S/C18H16BrF3N6O2/c19-10-3-5-23-14(7-10)26-17(30)28-11-4-6-27(8-11)13-2-1-12(25-15(13)28)16(29)24-9-18(20,21)22/h1-3,5,7,11H,4,6,8-9H2,(H,24,29)(H,23,26,30)/t11-/m1/s1. The van der Waals surface area contributed by atoms with Crippen molar-refractivity contribution in [3.05, 3.63) is 40.6 Å². The maximum atomic E-state index is 13.0. The molecule has 4 heterocycles. The molecule has 0 aliphatic carbocycles. The van der Waals surface area contributed by atoms with Crippen molar-refractivity contribution in [1.82, 2.24) is 15.3 Å². The molecule has 2 N–H and O–H groups in total. The summed E-state index contributed by atoms with van der Waals surface area (Å²) in [7, 11) is 0. The van der Waals surface area contributed by atoms with Crippen molar-refractivity contribution >= 4 is 45.2 Å². The largest absolute Gasteiger partial charge is 0.405 e. The average molecular weight is 485 g/mol. The Balaban J connectivity index is 1.62. The lowest BCUT2D eigenvalue weighted by Crippen LogP contribution is -2.48. The van der Waals surface area contributed by atoms with E-state index in [1.165, 1.54) is 17.2 Å². The van der Waals surface area contributed by atoms with Gasteiger partial charge < -0.3 is 10.2 Å². The molecular weight excluding hydrogens is 469 g/mol. The van der Waals surface area contributed by atoms with Crippen LogP contribution < -0.4 is 20.4 Å². The Labute approximate surface area is 177 Å². The maximum absolute atomic E-state index is 13.0. The topological polar surface area (TPSA) is 90.5 Å². The van der Waals surface area contributed by atoms with Crippen LogP contribution in [0.1, 0.15) is 16.9 Å². The van der Waals surface area contributed by atoms with Crippen LogP contribution in [0.2, 0.25) is 0 Å². The summed E-state index contributed by atoms with van der Waals surface area (Å²) in [6, 6.07) is 5.66. The number of alkyl halides is 3. The number of nitrogens with zero attached hydrogens (tertiary/aromatic N) is 4. The summed E-state index contributed by atoms with van der Waals surface area (Å²) < 4.78 is 38.0. The van der Waals surface area contributed by atoms with Gasteiger partial charge in [0.1, 0.15) is 18.1 Å². The van der Waals surface area contributed by atoms with Gasteiger partial charge in [-0.3, -0.25) is 15.0 Å². The fourth-order valence-electron chi connectivity index (χ4n) is 3.51. The molecule has 0 unspecified atom stereocenters. The molecule has 8 nitrogen and oxygen atoms in total. The number of urea groups is 1. The minimum Gasteiger partial charge on any atom is -0.366 e. The number of carbonyl (C=O) groups excluding carboxylic acids is 2. The molecule has 2 aromatic heterocycles. The van der Waals surface area contributed by atoms with E-state index in [1.54, 1.807) is 23.5 Å². The van der Waals surface area contributed by atoms with Crippen molar-refractivity contribution in [2.75, 3.05) is 34.8 Å². The van der Waals surface area contributed by atoms with Crippen LogP contribution >= 0.6 is 15.9 Å². The maximum Gasteiger partial charge on any atom is 0.405 e. The molecule has 2 aromatic rings. The van der Waals surface area contributed by atoms with Gasteiger partial charge in [0.2, 0.25) is 0 Å². The van der Waals surface area contributed by atoms with Gasteiger partial charge in [0.15, 0.2) is 5.82 Å². The zero-order valence-corrected chi connectivity index (χ0v) is 17.0. The van der Waals surface area contributed by atoms with E-state index in [0.717, 1.165) is 4.47 Å². The summed E-state index contributed by atoms with van der Waals surface area (Å²) in [5.74, 6) is -0.400. The van der Waals surface area contributed by atoms with Gasteiger partial charge in [-0.25, -0.2) is 14.8 Å². The molecular formula is C18H16BrF3N6O2. The van der Waals surface area contributed by atoms with E-state index in [-0.39, 0.29) is 17.6 Å². The predicted octanol–water partition coefficient (Wildman–Crippen LogP) is 3.16. The number of halogens is 4. The van der Waals surface area contributed by atoms with Crippen LogP contribution in [0.15, 0.2) is 34.9 Å². The molecule has 158 valence electrons. The summed E-state index contributed by atoms with van der Waals surface area (Å²) in [6.45, 7) is -0.149. The molecule has 1 fully saturated rings. The molecule has 1 saturated heterocycles. The first-order valence-electron chi connectivity index (χ1n) is 9.04. The third-order valence-corrected chi connectivity index (χ3v) is 5.30.